The van der Waals surface area contributed by atoms with Gasteiger partial charge in [-0.05, 0) is 80.4 Å². The Bertz CT molecular complexity index is 1370. The van der Waals surface area contributed by atoms with Gasteiger partial charge in [-0.1, -0.05) is 0 Å². The second kappa shape index (κ2) is 8.19. The van der Waals surface area contributed by atoms with Crippen LogP contribution in [0.2, 0.25) is 0 Å². The van der Waals surface area contributed by atoms with E-state index in [1.807, 2.05) is 6.92 Å². The number of benzene rings is 2. The molecule has 0 fully saturated rings. The van der Waals surface area contributed by atoms with Gasteiger partial charge in [0.05, 0.1) is 33.0 Å². The van der Waals surface area contributed by atoms with Gasteiger partial charge in [0, 0.05) is 6.07 Å². The molecule has 0 unspecified atom stereocenters. The van der Waals surface area contributed by atoms with Crippen LogP contribution in [-0.2, 0) is 4.79 Å². The summed E-state index contributed by atoms with van der Waals surface area (Å²) in [5.41, 5.74) is 3.28. The number of rotatable bonds is 5. The van der Waals surface area contributed by atoms with Gasteiger partial charge in [0.1, 0.15) is 11.5 Å². The normalized spacial score (nSPS) is 14.6. The highest BCUT2D eigenvalue weighted by atomic mass is 16.6. The van der Waals surface area contributed by atoms with Gasteiger partial charge in [-0.2, -0.15) is 10.1 Å². The molecule has 1 aliphatic rings. The van der Waals surface area contributed by atoms with Gasteiger partial charge >= 0.3 is 5.97 Å². The smallest absolute Gasteiger partial charge is 0.335 e. The molecule has 1 amide bonds. The predicted octanol–water partition coefficient (Wildman–Crippen LogP) is 4.98. The number of aromatic carboxylic acids is 1. The molecule has 0 aliphatic carbocycles. The lowest BCUT2D eigenvalue weighted by molar-refractivity contribution is -0.384. The van der Waals surface area contributed by atoms with Crippen molar-refractivity contribution in [1.29, 1.82) is 0 Å². The van der Waals surface area contributed by atoms with E-state index < -0.39 is 16.8 Å². The number of nitro benzene ring substituents is 1. The summed E-state index contributed by atoms with van der Waals surface area (Å²) >= 11 is 0. The quantitative estimate of drug-likeness (QED) is 0.335. The van der Waals surface area contributed by atoms with Crippen LogP contribution in [-0.4, -0.2) is 27.6 Å². The van der Waals surface area contributed by atoms with Crippen molar-refractivity contribution in [2.45, 2.75) is 20.8 Å². The highest BCUT2D eigenvalue weighted by molar-refractivity contribution is 6.32. The molecule has 0 radical (unpaired) electrons. The summed E-state index contributed by atoms with van der Waals surface area (Å²) in [5, 5.41) is 26.0. The summed E-state index contributed by atoms with van der Waals surface area (Å²) in [4.78, 5) is 35.0. The largest absolute Gasteiger partial charge is 0.478 e. The first-order chi connectivity index (χ1) is 15.7. The number of hydrogen-bond acceptors (Lipinski definition) is 6. The van der Waals surface area contributed by atoms with Crippen LogP contribution in [0.15, 0.2) is 63.6 Å². The number of furan rings is 1. The van der Waals surface area contributed by atoms with E-state index in [0.717, 1.165) is 11.1 Å². The lowest BCUT2D eigenvalue weighted by Crippen LogP contribution is -2.21. The number of carbonyl (C=O) groups is 2. The van der Waals surface area contributed by atoms with Crippen LogP contribution < -0.4 is 5.01 Å². The molecule has 1 aromatic heterocycles. The number of anilines is 1. The van der Waals surface area contributed by atoms with E-state index in [4.69, 9.17) is 9.52 Å². The van der Waals surface area contributed by atoms with Crippen LogP contribution in [0.1, 0.15) is 34.2 Å². The minimum atomic E-state index is -1.06. The van der Waals surface area contributed by atoms with E-state index in [-0.39, 0.29) is 11.3 Å². The molecule has 3 aromatic rings. The summed E-state index contributed by atoms with van der Waals surface area (Å²) < 4.78 is 5.83. The Morgan fingerprint density at radius 1 is 1.09 bits per heavy atom. The molecule has 4 rings (SSSR count). The Kier molecular flexibility index (Phi) is 5.39. The van der Waals surface area contributed by atoms with E-state index in [1.54, 1.807) is 32.0 Å². The Hall–Kier alpha value is -4.53. The van der Waals surface area contributed by atoms with E-state index in [1.165, 1.54) is 41.4 Å². The van der Waals surface area contributed by atoms with Crippen LogP contribution in [0.25, 0.3) is 17.4 Å². The van der Waals surface area contributed by atoms with Crippen molar-refractivity contribution in [3.8, 4) is 11.3 Å². The van der Waals surface area contributed by atoms with Crippen molar-refractivity contribution < 1.29 is 24.0 Å². The Morgan fingerprint density at radius 2 is 1.76 bits per heavy atom. The van der Waals surface area contributed by atoms with Crippen molar-refractivity contribution in [2.75, 3.05) is 5.01 Å². The maximum absolute atomic E-state index is 12.9. The molecule has 0 bridgehead atoms. The van der Waals surface area contributed by atoms with Crippen molar-refractivity contribution >= 4 is 35.0 Å². The molecule has 9 heteroatoms. The monoisotopic (exact) mass is 445 g/mol. The SMILES string of the molecule is CC1=NN(c2ccc(C(=O)O)cc2)C(=O)/C1=C/c1ccc(-c2cc(C)c(C)cc2[N+](=O)[O-])o1. The zero-order valence-electron chi connectivity index (χ0n) is 18.0. The number of hydrazone groups is 1. The van der Waals surface area contributed by atoms with Crippen LogP contribution in [0, 0.1) is 24.0 Å². The number of nitrogens with zero attached hydrogens (tertiary/aromatic N) is 3. The second-order valence-electron chi connectivity index (χ2n) is 7.63. The number of aryl methyl sites for hydroxylation is 2. The molecule has 0 spiro atoms. The van der Waals surface area contributed by atoms with Gasteiger partial charge < -0.3 is 9.52 Å². The van der Waals surface area contributed by atoms with Crippen molar-refractivity contribution in [3.05, 3.63) is 86.7 Å². The summed E-state index contributed by atoms with van der Waals surface area (Å²) in [6, 6.07) is 12.3. The average Bonchev–Trinajstić information content (AvgIpc) is 3.35. The summed E-state index contributed by atoms with van der Waals surface area (Å²) in [6.45, 7) is 5.34. The third-order valence-corrected chi connectivity index (χ3v) is 5.41. The third kappa shape index (κ3) is 4.03. The molecular formula is C24H19N3O6. The zero-order valence-corrected chi connectivity index (χ0v) is 18.0. The van der Waals surface area contributed by atoms with Gasteiger partial charge in [-0.3, -0.25) is 14.9 Å². The number of hydrogen-bond donors (Lipinski definition) is 1. The molecular weight excluding hydrogens is 426 g/mol. The van der Waals surface area contributed by atoms with Gasteiger partial charge in [0.15, 0.2) is 0 Å². The lowest BCUT2D eigenvalue weighted by atomic mass is 10.0. The van der Waals surface area contributed by atoms with Crippen LogP contribution in [0.4, 0.5) is 11.4 Å². The van der Waals surface area contributed by atoms with Gasteiger partial charge in [0.25, 0.3) is 11.6 Å². The number of carbonyl (C=O) groups excluding carboxylic acids is 1. The molecule has 0 atom stereocenters. The maximum atomic E-state index is 12.9. The highest BCUT2D eigenvalue weighted by Gasteiger charge is 2.29. The number of amides is 1. The lowest BCUT2D eigenvalue weighted by Gasteiger charge is -2.11. The van der Waals surface area contributed by atoms with Crippen molar-refractivity contribution in [1.82, 2.24) is 0 Å². The Labute approximate surface area is 188 Å². The minimum Gasteiger partial charge on any atom is -0.478 e. The van der Waals surface area contributed by atoms with Gasteiger partial charge in [0.2, 0.25) is 0 Å². The molecule has 0 saturated carbocycles. The van der Waals surface area contributed by atoms with Crippen molar-refractivity contribution in [3.63, 3.8) is 0 Å². The Morgan fingerprint density at radius 3 is 2.39 bits per heavy atom. The minimum absolute atomic E-state index is 0.0580. The first-order valence-corrected chi connectivity index (χ1v) is 9.96. The predicted molar refractivity (Wildman–Crippen MR) is 122 cm³/mol. The highest BCUT2D eigenvalue weighted by Crippen LogP contribution is 2.34. The van der Waals surface area contributed by atoms with Crippen LogP contribution >= 0.6 is 0 Å². The van der Waals surface area contributed by atoms with E-state index in [2.05, 4.69) is 5.10 Å². The molecule has 1 aliphatic heterocycles. The first-order valence-electron chi connectivity index (χ1n) is 9.96. The van der Waals surface area contributed by atoms with E-state index in [9.17, 15) is 19.7 Å². The average molecular weight is 445 g/mol. The molecule has 2 heterocycles. The fourth-order valence-electron chi connectivity index (χ4n) is 3.47. The number of carboxylic acids is 1. The summed E-state index contributed by atoms with van der Waals surface area (Å²) in [5.74, 6) is -0.797. The summed E-state index contributed by atoms with van der Waals surface area (Å²) in [6.07, 6.45) is 1.53. The molecule has 1 N–H and O–H groups in total. The number of nitro groups is 1. The standard InChI is InChI=1S/C24H19N3O6/c1-13-10-20(21(27(31)32)11-14(13)2)22-9-8-18(33-22)12-19-15(3)25-26(23(19)28)17-6-4-16(5-7-17)24(29)30/h4-12H,1-3H3,(H,29,30)/b19-12+. The van der Waals surface area contributed by atoms with E-state index in [0.29, 0.717) is 34.1 Å². The summed E-state index contributed by atoms with van der Waals surface area (Å²) in [7, 11) is 0. The first kappa shape index (κ1) is 21.7. The fraction of sp³-hybridized carbons (Fsp3) is 0.125. The Balaban J connectivity index is 1.65. The molecule has 9 nitrogen and oxygen atoms in total. The zero-order chi connectivity index (χ0) is 23.9. The third-order valence-electron chi connectivity index (χ3n) is 5.41. The van der Waals surface area contributed by atoms with Gasteiger partial charge in [-0.25, -0.2) is 4.79 Å². The number of carboxylic acid groups (broad SMARTS) is 1. The molecule has 166 valence electrons. The maximum Gasteiger partial charge on any atom is 0.335 e. The van der Waals surface area contributed by atoms with E-state index >= 15 is 0 Å². The van der Waals surface area contributed by atoms with Crippen molar-refractivity contribution in [2.24, 2.45) is 5.10 Å². The second-order valence-corrected chi connectivity index (χ2v) is 7.63. The van der Waals surface area contributed by atoms with Crippen LogP contribution in [0.3, 0.4) is 0 Å². The topological polar surface area (TPSA) is 126 Å². The molecule has 0 saturated heterocycles. The molecule has 33 heavy (non-hydrogen) atoms. The fourth-order valence-corrected chi connectivity index (χ4v) is 3.47. The van der Waals surface area contributed by atoms with Gasteiger partial charge in [-0.15, -0.1) is 0 Å². The van der Waals surface area contributed by atoms with Crippen LogP contribution in [0.5, 0.6) is 0 Å². The molecule has 2 aromatic carbocycles.